The third-order valence-corrected chi connectivity index (χ3v) is 6.23. The van der Waals surface area contributed by atoms with Gasteiger partial charge in [-0.1, -0.05) is 19.1 Å². The fourth-order valence-electron chi connectivity index (χ4n) is 2.92. The molecule has 0 heterocycles. The van der Waals surface area contributed by atoms with E-state index in [0.717, 1.165) is 31.0 Å². The summed E-state index contributed by atoms with van der Waals surface area (Å²) >= 11 is 2.15. The highest BCUT2D eigenvalue weighted by Gasteiger charge is 2.22. The molecule has 2 aromatic carbocycles. The fraction of sp³-hybridized carbons (Fsp3) is 0.350. The van der Waals surface area contributed by atoms with Crippen molar-refractivity contribution in [2.45, 2.75) is 26.3 Å². The molecule has 1 amide bonds. The Hall–Kier alpha value is -1.81. The number of aryl methyl sites for hydroxylation is 1. The zero-order chi connectivity index (χ0) is 20.9. The average Bonchev–Trinajstić information content (AvgIpc) is 2.64. The molecule has 1 N–H and O–H groups in total. The fourth-order valence-corrected chi connectivity index (χ4v) is 4.13. The summed E-state index contributed by atoms with van der Waals surface area (Å²) < 4.78 is 31.8. The number of hydrogen-bond donors (Lipinski definition) is 1. The summed E-state index contributed by atoms with van der Waals surface area (Å²) in [5.41, 5.74) is 2.39. The Labute approximate surface area is 180 Å². The van der Waals surface area contributed by atoms with Crippen LogP contribution in [-0.2, 0) is 14.8 Å². The van der Waals surface area contributed by atoms with Gasteiger partial charge in [-0.3, -0.25) is 9.10 Å². The molecule has 2 aromatic rings. The summed E-state index contributed by atoms with van der Waals surface area (Å²) in [6, 6.07) is 12.5. The number of carbonyl (C=O) groups excluding carboxylic acids is 1. The molecule has 0 aromatic heterocycles. The summed E-state index contributed by atoms with van der Waals surface area (Å²) in [4.78, 5) is 12.6. The number of ether oxygens (including phenoxy) is 1. The summed E-state index contributed by atoms with van der Waals surface area (Å²) in [6.45, 7) is 3.64. The van der Waals surface area contributed by atoms with Gasteiger partial charge in [0.15, 0.2) is 0 Å². The highest BCUT2D eigenvalue weighted by molar-refractivity contribution is 14.1. The van der Waals surface area contributed by atoms with Crippen molar-refractivity contribution in [1.82, 2.24) is 5.32 Å². The van der Waals surface area contributed by atoms with E-state index in [9.17, 15) is 13.2 Å². The van der Waals surface area contributed by atoms with Crippen molar-refractivity contribution in [2.75, 3.05) is 24.2 Å². The van der Waals surface area contributed by atoms with Gasteiger partial charge in [0.1, 0.15) is 12.3 Å². The molecule has 0 saturated carbocycles. The van der Waals surface area contributed by atoms with Crippen LogP contribution in [0.1, 0.15) is 30.5 Å². The van der Waals surface area contributed by atoms with E-state index >= 15 is 0 Å². The molecule has 152 valence electrons. The second-order valence-corrected chi connectivity index (χ2v) is 9.66. The van der Waals surface area contributed by atoms with E-state index in [1.807, 2.05) is 32.0 Å². The number of nitrogens with zero attached hydrogens (tertiary/aromatic N) is 1. The van der Waals surface area contributed by atoms with Gasteiger partial charge in [0.05, 0.1) is 25.1 Å². The quantitative estimate of drug-likeness (QED) is 0.544. The third-order valence-electron chi connectivity index (χ3n) is 4.37. The van der Waals surface area contributed by atoms with Crippen LogP contribution in [-0.4, -0.2) is 34.2 Å². The molecule has 28 heavy (non-hydrogen) atoms. The minimum atomic E-state index is -3.60. The van der Waals surface area contributed by atoms with Crippen molar-refractivity contribution in [3.63, 3.8) is 0 Å². The molecule has 0 saturated heterocycles. The largest absolute Gasteiger partial charge is 0.496 e. The second-order valence-electron chi connectivity index (χ2n) is 6.50. The van der Waals surface area contributed by atoms with E-state index in [0.29, 0.717) is 12.1 Å². The molecule has 0 aliphatic heterocycles. The van der Waals surface area contributed by atoms with Crippen molar-refractivity contribution in [3.05, 3.63) is 57.2 Å². The molecule has 0 spiro atoms. The number of methoxy groups -OCH3 is 1. The van der Waals surface area contributed by atoms with Gasteiger partial charge >= 0.3 is 0 Å². The van der Waals surface area contributed by atoms with Crippen molar-refractivity contribution in [3.8, 4) is 5.75 Å². The zero-order valence-corrected chi connectivity index (χ0v) is 19.4. The summed E-state index contributed by atoms with van der Waals surface area (Å²) in [7, 11) is -1.98. The van der Waals surface area contributed by atoms with Gasteiger partial charge in [-0.25, -0.2) is 8.42 Å². The molecule has 0 radical (unpaired) electrons. The number of sulfonamides is 1. The van der Waals surface area contributed by atoms with Crippen LogP contribution in [0.5, 0.6) is 5.75 Å². The van der Waals surface area contributed by atoms with Gasteiger partial charge in [0.2, 0.25) is 15.9 Å². The van der Waals surface area contributed by atoms with Crippen LogP contribution in [0.15, 0.2) is 42.5 Å². The number of rotatable bonds is 8. The zero-order valence-electron chi connectivity index (χ0n) is 16.4. The minimum absolute atomic E-state index is 0.213. The van der Waals surface area contributed by atoms with Crippen LogP contribution >= 0.6 is 22.6 Å². The van der Waals surface area contributed by atoms with Crippen molar-refractivity contribution in [2.24, 2.45) is 0 Å². The number of hydrogen-bond acceptors (Lipinski definition) is 4. The van der Waals surface area contributed by atoms with Gasteiger partial charge in [0, 0.05) is 3.57 Å². The first-order chi connectivity index (χ1) is 13.2. The predicted molar refractivity (Wildman–Crippen MR) is 120 cm³/mol. The van der Waals surface area contributed by atoms with E-state index in [2.05, 4.69) is 27.9 Å². The van der Waals surface area contributed by atoms with Crippen LogP contribution < -0.4 is 14.4 Å². The Balaban J connectivity index is 2.18. The SMILES string of the molecule is CC[C@H](NC(=O)CN(c1ccc(I)cc1)S(C)(=O)=O)c1ccc(OC)c(C)c1. The summed E-state index contributed by atoms with van der Waals surface area (Å²) in [6.07, 6.45) is 1.78. The molecule has 0 unspecified atom stereocenters. The third kappa shape index (κ3) is 5.84. The van der Waals surface area contributed by atoms with Crippen molar-refractivity contribution in [1.29, 1.82) is 0 Å². The van der Waals surface area contributed by atoms with Gasteiger partial charge in [0.25, 0.3) is 0 Å². The monoisotopic (exact) mass is 516 g/mol. The Morgan fingerprint density at radius 1 is 1.21 bits per heavy atom. The van der Waals surface area contributed by atoms with Gasteiger partial charge in [-0.2, -0.15) is 0 Å². The normalized spacial score (nSPS) is 12.3. The van der Waals surface area contributed by atoms with E-state index in [1.54, 1.807) is 31.4 Å². The first-order valence-electron chi connectivity index (χ1n) is 8.83. The van der Waals surface area contributed by atoms with E-state index in [4.69, 9.17) is 4.74 Å². The molecule has 8 heteroatoms. The number of nitrogens with one attached hydrogen (secondary N) is 1. The Morgan fingerprint density at radius 2 is 1.86 bits per heavy atom. The molecule has 2 rings (SSSR count). The lowest BCUT2D eigenvalue weighted by Crippen LogP contribution is -2.41. The van der Waals surface area contributed by atoms with Crippen LogP contribution in [0, 0.1) is 10.5 Å². The number of carbonyl (C=O) groups is 1. The minimum Gasteiger partial charge on any atom is -0.496 e. The smallest absolute Gasteiger partial charge is 0.241 e. The number of anilines is 1. The standard InChI is InChI=1S/C20H25IN2O4S/c1-5-18(15-6-11-19(27-3)14(2)12-15)22-20(24)13-23(28(4,25)26)17-9-7-16(21)8-10-17/h6-12,18H,5,13H2,1-4H3,(H,22,24)/t18-/m0/s1. The first kappa shape index (κ1) is 22.5. The molecular formula is C20H25IN2O4S. The maximum atomic E-state index is 12.6. The Bertz CT molecular complexity index is 930. The number of amides is 1. The maximum Gasteiger partial charge on any atom is 0.241 e. The maximum absolute atomic E-state index is 12.6. The van der Waals surface area contributed by atoms with Crippen molar-refractivity contribution >= 4 is 44.2 Å². The van der Waals surface area contributed by atoms with Crippen LogP contribution in [0.2, 0.25) is 0 Å². The highest BCUT2D eigenvalue weighted by atomic mass is 127. The van der Waals surface area contributed by atoms with Crippen LogP contribution in [0.25, 0.3) is 0 Å². The Morgan fingerprint density at radius 3 is 2.36 bits per heavy atom. The summed E-state index contributed by atoms with van der Waals surface area (Å²) in [5.74, 6) is 0.427. The summed E-state index contributed by atoms with van der Waals surface area (Å²) in [5, 5.41) is 2.94. The van der Waals surface area contributed by atoms with E-state index in [1.165, 1.54) is 0 Å². The van der Waals surface area contributed by atoms with E-state index in [-0.39, 0.29) is 18.5 Å². The lowest BCUT2D eigenvalue weighted by Gasteiger charge is -2.24. The predicted octanol–water partition coefficient (Wildman–Crippen LogP) is 3.64. The average molecular weight is 516 g/mol. The van der Waals surface area contributed by atoms with E-state index < -0.39 is 10.0 Å². The molecule has 0 bridgehead atoms. The highest BCUT2D eigenvalue weighted by Crippen LogP contribution is 2.24. The topological polar surface area (TPSA) is 75.7 Å². The molecular weight excluding hydrogens is 491 g/mol. The van der Waals surface area contributed by atoms with Gasteiger partial charge in [-0.15, -0.1) is 0 Å². The first-order valence-corrected chi connectivity index (χ1v) is 11.8. The van der Waals surface area contributed by atoms with Gasteiger partial charge in [-0.05, 0) is 77.4 Å². The molecule has 0 aliphatic carbocycles. The molecule has 1 atom stereocenters. The number of halogens is 1. The second kappa shape index (κ2) is 9.60. The van der Waals surface area contributed by atoms with Crippen LogP contribution in [0.3, 0.4) is 0 Å². The molecule has 0 aliphatic rings. The lowest BCUT2D eigenvalue weighted by molar-refractivity contribution is -0.120. The van der Waals surface area contributed by atoms with Crippen molar-refractivity contribution < 1.29 is 17.9 Å². The molecule has 6 nitrogen and oxygen atoms in total. The Kier molecular flexibility index (Phi) is 7.70. The molecule has 0 fully saturated rings. The van der Waals surface area contributed by atoms with Crippen LogP contribution in [0.4, 0.5) is 5.69 Å². The lowest BCUT2D eigenvalue weighted by atomic mass is 10.0. The number of benzene rings is 2. The van der Waals surface area contributed by atoms with Gasteiger partial charge < -0.3 is 10.1 Å².